The van der Waals surface area contributed by atoms with Gasteiger partial charge in [0.05, 0.1) is 11.6 Å². The van der Waals surface area contributed by atoms with Crippen molar-refractivity contribution in [3.05, 3.63) is 51.5 Å². The molecule has 0 radical (unpaired) electrons. The van der Waals surface area contributed by atoms with Crippen LogP contribution in [0.1, 0.15) is 34.9 Å². The second-order valence-electron chi connectivity index (χ2n) is 4.60. The van der Waals surface area contributed by atoms with Crippen LogP contribution in [0.25, 0.3) is 0 Å². The van der Waals surface area contributed by atoms with Crippen LogP contribution in [0.4, 0.5) is 10.1 Å². The van der Waals surface area contributed by atoms with Crippen molar-refractivity contribution < 1.29 is 14.3 Å². The van der Waals surface area contributed by atoms with Gasteiger partial charge in [-0.2, -0.15) is 0 Å². The Hall–Kier alpha value is -1.72. The molecule has 0 aliphatic carbocycles. The SMILES string of the molecule is CC1C(=O)Nc2c(F)cc(C(O)c3cccs3)cc21. The summed E-state index contributed by atoms with van der Waals surface area (Å²) in [7, 11) is 0. The zero-order valence-electron chi connectivity index (χ0n) is 10.2. The molecule has 0 fully saturated rings. The number of hydrogen-bond acceptors (Lipinski definition) is 3. The normalized spacial score (nSPS) is 19.1. The zero-order chi connectivity index (χ0) is 13.6. The van der Waals surface area contributed by atoms with Crippen molar-refractivity contribution in [1.82, 2.24) is 0 Å². The van der Waals surface area contributed by atoms with E-state index < -0.39 is 11.9 Å². The van der Waals surface area contributed by atoms with Crippen LogP contribution in [0.15, 0.2) is 29.6 Å². The van der Waals surface area contributed by atoms with Gasteiger partial charge in [0.25, 0.3) is 0 Å². The Labute approximate surface area is 113 Å². The summed E-state index contributed by atoms with van der Waals surface area (Å²) in [5.41, 5.74) is 1.32. The molecule has 1 aliphatic heterocycles. The highest BCUT2D eigenvalue weighted by molar-refractivity contribution is 7.10. The lowest BCUT2D eigenvalue weighted by molar-refractivity contribution is -0.116. The number of benzene rings is 1. The maximum absolute atomic E-state index is 14.0. The number of aliphatic hydroxyl groups excluding tert-OH is 1. The summed E-state index contributed by atoms with van der Waals surface area (Å²) < 4.78 is 14.0. The van der Waals surface area contributed by atoms with Crippen molar-refractivity contribution in [2.75, 3.05) is 5.32 Å². The monoisotopic (exact) mass is 277 g/mol. The molecule has 3 rings (SSSR count). The molecule has 3 nitrogen and oxygen atoms in total. The molecular formula is C14H12FNO2S. The van der Waals surface area contributed by atoms with Crippen molar-refractivity contribution in [3.63, 3.8) is 0 Å². The number of carbonyl (C=O) groups is 1. The second kappa shape index (κ2) is 4.43. The molecule has 98 valence electrons. The van der Waals surface area contributed by atoms with E-state index in [-0.39, 0.29) is 17.5 Å². The van der Waals surface area contributed by atoms with Crippen LogP contribution < -0.4 is 5.32 Å². The summed E-state index contributed by atoms with van der Waals surface area (Å²) in [5, 5.41) is 14.6. The van der Waals surface area contributed by atoms with Gasteiger partial charge in [0, 0.05) is 4.88 Å². The predicted octanol–water partition coefficient (Wildman–Crippen LogP) is 3.02. The van der Waals surface area contributed by atoms with Crippen molar-refractivity contribution in [3.8, 4) is 0 Å². The molecule has 2 atom stereocenters. The average molecular weight is 277 g/mol. The van der Waals surface area contributed by atoms with E-state index in [4.69, 9.17) is 0 Å². The first-order chi connectivity index (χ1) is 9.08. The van der Waals surface area contributed by atoms with Gasteiger partial charge in [-0.05, 0) is 41.6 Å². The molecule has 2 heterocycles. The highest BCUT2D eigenvalue weighted by Crippen LogP contribution is 2.37. The van der Waals surface area contributed by atoms with Gasteiger partial charge in [-0.3, -0.25) is 4.79 Å². The summed E-state index contributed by atoms with van der Waals surface area (Å²) in [6, 6.07) is 6.61. The number of anilines is 1. The Morgan fingerprint density at radius 2 is 2.26 bits per heavy atom. The van der Waals surface area contributed by atoms with E-state index in [2.05, 4.69) is 5.32 Å². The van der Waals surface area contributed by atoms with Gasteiger partial charge in [0.15, 0.2) is 0 Å². The van der Waals surface area contributed by atoms with Crippen molar-refractivity contribution in [2.24, 2.45) is 0 Å². The molecule has 19 heavy (non-hydrogen) atoms. The van der Waals surface area contributed by atoms with Crippen molar-refractivity contribution >= 4 is 22.9 Å². The van der Waals surface area contributed by atoms with Crippen LogP contribution in [0, 0.1) is 5.82 Å². The van der Waals surface area contributed by atoms with E-state index in [1.54, 1.807) is 19.1 Å². The lowest BCUT2D eigenvalue weighted by atomic mass is 9.97. The minimum Gasteiger partial charge on any atom is -0.383 e. The number of hydrogen-bond donors (Lipinski definition) is 2. The van der Waals surface area contributed by atoms with E-state index >= 15 is 0 Å². The molecule has 2 aromatic rings. The van der Waals surface area contributed by atoms with Gasteiger partial charge < -0.3 is 10.4 Å². The van der Waals surface area contributed by atoms with E-state index in [1.165, 1.54) is 17.4 Å². The number of halogens is 1. The third-order valence-corrected chi connectivity index (χ3v) is 4.30. The zero-order valence-corrected chi connectivity index (χ0v) is 11.0. The molecule has 1 aromatic carbocycles. The molecular weight excluding hydrogens is 265 g/mol. The van der Waals surface area contributed by atoms with Crippen LogP contribution in [-0.4, -0.2) is 11.0 Å². The number of nitrogens with one attached hydrogen (secondary N) is 1. The number of fused-ring (bicyclic) bond motifs is 1. The number of rotatable bonds is 2. The van der Waals surface area contributed by atoms with E-state index in [9.17, 15) is 14.3 Å². The fourth-order valence-corrected chi connectivity index (χ4v) is 3.00. The van der Waals surface area contributed by atoms with Crippen LogP contribution >= 0.6 is 11.3 Å². The van der Waals surface area contributed by atoms with E-state index in [1.807, 2.05) is 11.4 Å². The molecule has 0 spiro atoms. The Balaban J connectivity index is 2.06. The second-order valence-corrected chi connectivity index (χ2v) is 5.58. The van der Waals surface area contributed by atoms with Crippen molar-refractivity contribution in [1.29, 1.82) is 0 Å². The lowest BCUT2D eigenvalue weighted by Crippen LogP contribution is -2.08. The summed E-state index contributed by atoms with van der Waals surface area (Å²) in [6.07, 6.45) is -0.859. The standard InChI is InChI=1S/C14H12FNO2S/c1-7-9-5-8(13(17)11-3-2-4-19-11)6-10(15)12(9)16-14(7)18/h2-7,13,17H,1H3,(H,16,18). The summed E-state index contributed by atoms with van der Waals surface area (Å²) >= 11 is 1.41. The first-order valence-electron chi connectivity index (χ1n) is 5.93. The number of carbonyl (C=O) groups excluding carboxylic acids is 1. The molecule has 1 aliphatic rings. The largest absolute Gasteiger partial charge is 0.383 e. The summed E-state index contributed by atoms with van der Waals surface area (Å²) in [4.78, 5) is 12.3. The first kappa shape index (κ1) is 12.3. The first-order valence-corrected chi connectivity index (χ1v) is 6.81. The van der Waals surface area contributed by atoms with Gasteiger partial charge in [-0.1, -0.05) is 6.07 Å². The molecule has 2 unspecified atom stereocenters. The Morgan fingerprint density at radius 3 is 2.95 bits per heavy atom. The van der Waals surface area contributed by atoms with Gasteiger partial charge in [0.1, 0.15) is 11.9 Å². The minimum atomic E-state index is -0.859. The highest BCUT2D eigenvalue weighted by Gasteiger charge is 2.30. The Bertz CT molecular complexity index is 639. The molecule has 0 saturated carbocycles. The minimum absolute atomic E-state index is 0.211. The molecule has 0 saturated heterocycles. The van der Waals surface area contributed by atoms with Gasteiger partial charge in [-0.15, -0.1) is 11.3 Å². The fraction of sp³-hybridized carbons (Fsp3) is 0.214. The lowest BCUT2D eigenvalue weighted by Gasteiger charge is -2.12. The summed E-state index contributed by atoms with van der Waals surface area (Å²) in [6.45, 7) is 1.72. The summed E-state index contributed by atoms with van der Waals surface area (Å²) in [5.74, 6) is -1.10. The van der Waals surface area contributed by atoms with Crippen LogP contribution in [0.2, 0.25) is 0 Å². The van der Waals surface area contributed by atoms with Gasteiger partial charge in [0.2, 0.25) is 5.91 Å². The topological polar surface area (TPSA) is 49.3 Å². The average Bonchev–Trinajstić information content (AvgIpc) is 3.00. The Kier molecular flexibility index (Phi) is 2.88. The van der Waals surface area contributed by atoms with Crippen LogP contribution in [-0.2, 0) is 4.79 Å². The van der Waals surface area contributed by atoms with Crippen molar-refractivity contribution in [2.45, 2.75) is 18.9 Å². The predicted molar refractivity (Wildman–Crippen MR) is 71.8 cm³/mol. The maximum atomic E-state index is 14.0. The Morgan fingerprint density at radius 1 is 1.47 bits per heavy atom. The van der Waals surface area contributed by atoms with Crippen LogP contribution in [0.3, 0.4) is 0 Å². The molecule has 2 N–H and O–H groups in total. The number of aliphatic hydroxyl groups is 1. The smallest absolute Gasteiger partial charge is 0.231 e. The highest BCUT2D eigenvalue weighted by atomic mass is 32.1. The van der Waals surface area contributed by atoms with Gasteiger partial charge in [-0.25, -0.2) is 4.39 Å². The molecule has 1 amide bonds. The molecule has 0 bridgehead atoms. The van der Waals surface area contributed by atoms with Crippen LogP contribution in [0.5, 0.6) is 0 Å². The quantitative estimate of drug-likeness (QED) is 0.886. The molecule has 5 heteroatoms. The number of thiophene rings is 1. The third-order valence-electron chi connectivity index (χ3n) is 3.38. The van der Waals surface area contributed by atoms with E-state index in [0.717, 1.165) is 4.88 Å². The maximum Gasteiger partial charge on any atom is 0.231 e. The third kappa shape index (κ3) is 1.95. The fourth-order valence-electron chi connectivity index (χ4n) is 2.26. The van der Waals surface area contributed by atoms with E-state index in [0.29, 0.717) is 11.1 Å². The number of amides is 1. The molecule has 1 aromatic heterocycles. The van der Waals surface area contributed by atoms with Gasteiger partial charge >= 0.3 is 0 Å².